The first-order valence-electron chi connectivity index (χ1n) is 3.23. The lowest BCUT2D eigenvalue weighted by atomic mass is 10.0. The molecule has 2 aliphatic heterocycles. The number of ether oxygens (including phenoxy) is 1. The largest absolute Gasteiger partial charge is 0.380 e. The number of carbonyl (C=O) groups excluding carboxylic acids is 1. The summed E-state index contributed by atoms with van der Waals surface area (Å²) in [6.45, 7) is 2.23. The summed E-state index contributed by atoms with van der Waals surface area (Å²) in [6, 6.07) is 0. The summed E-state index contributed by atoms with van der Waals surface area (Å²) in [6.07, 6.45) is 0. The van der Waals surface area contributed by atoms with Gasteiger partial charge in [-0.3, -0.25) is 4.79 Å². The van der Waals surface area contributed by atoms with Gasteiger partial charge >= 0.3 is 0 Å². The van der Waals surface area contributed by atoms with Gasteiger partial charge in [-0.1, -0.05) is 0 Å². The van der Waals surface area contributed by atoms with Crippen LogP contribution in [0.5, 0.6) is 0 Å². The summed E-state index contributed by atoms with van der Waals surface area (Å²) in [5.41, 5.74) is 0. The van der Waals surface area contributed by atoms with E-state index in [1.807, 2.05) is 0 Å². The fourth-order valence-electron chi connectivity index (χ4n) is 1.45. The molecule has 9 heavy (non-hydrogen) atoms. The molecule has 0 aromatic heterocycles. The van der Waals surface area contributed by atoms with E-state index in [2.05, 4.69) is 5.32 Å². The Bertz CT molecular complexity index is 146. The summed E-state index contributed by atoms with van der Waals surface area (Å²) >= 11 is 0. The molecular weight excluding hydrogens is 118 g/mol. The average molecular weight is 127 g/mol. The Morgan fingerprint density at radius 1 is 1.56 bits per heavy atom. The number of hydrogen-bond acceptors (Lipinski definition) is 2. The molecule has 2 aliphatic rings. The molecule has 2 fully saturated rings. The van der Waals surface area contributed by atoms with E-state index < -0.39 is 0 Å². The van der Waals surface area contributed by atoms with Crippen molar-refractivity contribution in [1.82, 2.24) is 5.32 Å². The van der Waals surface area contributed by atoms with Gasteiger partial charge in [-0.05, 0) is 0 Å². The van der Waals surface area contributed by atoms with Gasteiger partial charge in [0.25, 0.3) is 0 Å². The summed E-state index contributed by atoms with van der Waals surface area (Å²) in [5.74, 6) is 0.819. The molecule has 2 atom stereocenters. The van der Waals surface area contributed by atoms with Gasteiger partial charge in [0, 0.05) is 12.5 Å². The van der Waals surface area contributed by atoms with Crippen LogP contribution in [0.3, 0.4) is 0 Å². The van der Waals surface area contributed by atoms with E-state index in [4.69, 9.17) is 4.74 Å². The Kier molecular flexibility index (Phi) is 0.990. The van der Waals surface area contributed by atoms with Crippen LogP contribution in [0.1, 0.15) is 0 Å². The fourth-order valence-corrected chi connectivity index (χ4v) is 1.45. The normalized spacial score (nSPS) is 40.7. The van der Waals surface area contributed by atoms with Gasteiger partial charge in [-0.15, -0.1) is 0 Å². The monoisotopic (exact) mass is 127 g/mol. The Balaban J connectivity index is 2.15. The number of amides is 1. The molecule has 2 saturated heterocycles. The highest BCUT2D eigenvalue weighted by molar-refractivity contribution is 5.81. The predicted octanol–water partition coefficient (Wildman–Crippen LogP) is -0.621. The van der Waals surface area contributed by atoms with Crippen LogP contribution >= 0.6 is 0 Å². The molecule has 0 aromatic rings. The highest BCUT2D eigenvalue weighted by Crippen LogP contribution is 2.24. The van der Waals surface area contributed by atoms with E-state index in [9.17, 15) is 4.79 Å². The third-order valence-corrected chi connectivity index (χ3v) is 2.07. The lowest BCUT2D eigenvalue weighted by Gasteiger charge is -1.97. The molecule has 0 aliphatic carbocycles. The van der Waals surface area contributed by atoms with Crippen LogP contribution in [-0.2, 0) is 9.53 Å². The summed E-state index contributed by atoms with van der Waals surface area (Å²) in [7, 11) is 0. The zero-order chi connectivity index (χ0) is 6.27. The van der Waals surface area contributed by atoms with Gasteiger partial charge in [0.15, 0.2) is 0 Å². The lowest BCUT2D eigenvalue weighted by molar-refractivity contribution is -0.122. The molecule has 3 heteroatoms. The van der Waals surface area contributed by atoms with E-state index in [1.54, 1.807) is 0 Å². The van der Waals surface area contributed by atoms with Crippen LogP contribution in [0.15, 0.2) is 0 Å². The highest BCUT2D eigenvalue weighted by atomic mass is 16.5. The van der Waals surface area contributed by atoms with Crippen LogP contribution < -0.4 is 5.32 Å². The van der Waals surface area contributed by atoms with Gasteiger partial charge in [-0.25, -0.2) is 0 Å². The predicted molar refractivity (Wildman–Crippen MR) is 30.8 cm³/mol. The van der Waals surface area contributed by atoms with Crippen LogP contribution in [0.25, 0.3) is 0 Å². The minimum Gasteiger partial charge on any atom is -0.380 e. The van der Waals surface area contributed by atoms with E-state index in [0.717, 1.165) is 13.2 Å². The van der Waals surface area contributed by atoms with Crippen LogP contribution in [0.4, 0.5) is 0 Å². The van der Waals surface area contributed by atoms with E-state index in [-0.39, 0.29) is 11.8 Å². The first kappa shape index (κ1) is 5.23. The highest BCUT2D eigenvalue weighted by Gasteiger charge is 2.38. The number of fused-ring (bicyclic) bond motifs is 1. The Hall–Kier alpha value is -0.570. The third-order valence-electron chi connectivity index (χ3n) is 2.07. The Morgan fingerprint density at radius 2 is 2.44 bits per heavy atom. The molecule has 1 N–H and O–H groups in total. The minimum absolute atomic E-state index is 0.171. The summed E-state index contributed by atoms with van der Waals surface area (Å²) in [4.78, 5) is 10.9. The van der Waals surface area contributed by atoms with E-state index >= 15 is 0 Å². The third kappa shape index (κ3) is 0.645. The average Bonchev–Trinajstić information content (AvgIpc) is 2.35. The first-order chi connectivity index (χ1) is 4.38. The summed E-state index contributed by atoms with van der Waals surface area (Å²) < 4.78 is 5.12. The van der Waals surface area contributed by atoms with Crippen molar-refractivity contribution in [3.63, 3.8) is 0 Å². The standard InChI is InChI=1S/C6H9NO2/c8-6-5-3-9-2-4(5)1-7-6/h4-5H,1-3H2,(H,7,8)/t4-,5+/m1/s1. The van der Waals surface area contributed by atoms with Crippen molar-refractivity contribution >= 4 is 5.91 Å². The van der Waals surface area contributed by atoms with Gasteiger partial charge in [0.05, 0.1) is 19.1 Å². The molecule has 0 aromatic carbocycles. The number of hydrogen-bond donors (Lipinski definition) is 1. The molecule has 0 saturated carbocycles. The minimum atomic E-state index is 0.171. The molecule has 50 valence electrons. The maximum Gasteiger partial charge on any atom is 0.225 e. The Morgan fingerprint density at radius 3 is 3.22 bits per heavy atom. The molecule has 2 rings (SSSR count). The van der Waals surface area contributed by atoms with Crippen LogP contribution in [0.2, 0.25) is 0 Å². The number of nitrogens with one attached hydrogen (secondary N) is 1. The van der Waals surface area contributed by atoms with Gasteiger partial charge in [0.1, 0.15) is 0 Å². The van der Waals surface area contributed by atoms with Crippen molar-refractivity contribution in [3.05, 3.63) is 0 Å². The first-order valence-corrected chi connectivity index (χ1v) is 3.23. The van der Waals surface area contributed by atoms with Crippen molar-refractivity contribution in [3.8, 4) is 0 Å². The Labute approximate surface area is 53.4 Å². The van der Waals surface area contributed by atoms with Crippen LogP contribution in [0, 0.1) is 11.8 Å². The maximum atomic E-state index is 10.9. The second-order valence-electron chi connectivity index (χ2n) is 2.65. The van der Waals surface area contributed by atoms with Crippen molar-refractivity contribution < 1.29 is 9.53 Å². The van der Waals surface area contributed by atoms with E-state index in [1.165, 1.54) is 0 Å². The van der Waals surface area contributed by atoms with Crippen molar-refractivity contribution in [1.29, 1.82) is 0 Å². The molecule has 0 radical (unpaired) electrons. The lowest BCUT2D eigenvalue weighted by Crippen LogP contribution is -2.20. The van der Waals surface area contributed by atoms with Gasteiger partial charge < -0.3 is 10.1 Å². The second kappa shape index (κ2) is 1.70. The van der Waals surface area contributed by atoms with Crippen molar-refractivity contribution in [2.45, 2.75) is 0 Å². The topological polar surface area (TPSA) is 38.3 Å². The zero-order valence-electron chi connectivity index (χ0n) is 5.09. The van der Waals surface area contributed by atoms with Gasteiger partial charge in [-0.2, -0.15) is 0 Å². The second-order valence-corrected chi connectivity index (χ2v) is 2.65. The number of rotatable bonds is 0. The van der Waals surface area contributed by atoms with Crippen molar-refractivity contribution in [2.75, 3.05) is 19.8 Å². The molecule has 3 nitrogen and oxygen atoms in total. The van der Waals surface area contributed by atoms with Crippen LogP contribution in [-0.4, -0.2) is 25.7 Å². The SMILES string of the molecule is O=C1NC[C@@H]2COC[C@H]12. The quantitative estimate of drug-likeness (QED) is 0.471. The molecule has 0 spiro atoms. The maximum absolute atomic E-state index is 10.9. The molecule has 0 unspecified atom stereocenters. The van der Waals surface area contributed by atoms with E-state index in [0.29, 0.717) is 12.5 Å². The molecule has 2 heterocycles. The number of carbonyl (C=O) groups is 1. The van der Waals surface area contributed by atoms with Crippen molar-refractivity contribution in [2.24, 2.45) is 11.8 Å². The smallest absolute Gasteiger partial charge is 0.225 e. The van der Waals surface area contributed by atoms with Gasteiger partial charge in [0.2, 0.25) is 5.91 Å². The molecule has 0 bridgehead atoms. The summed E-state index contributed by atoms with van der Waals surface area (Å²) in [5, 5.41) is 2.80. The molecule has 1 amide bonds. The zero-order valence-corrected chi connectivity index (χ0v) is 5.09. The fraction of sp³-hybridized carbons (Fsp3) is 0.833. The molecular formula is C6H9NO2.